The molecule has 1 aliphatic carbocycles. The van der Waals surface area contributed by atoms with Crippen molar-refractivity contribution < 1.29 is 5.11 Å². The fourth-order valence-electron chi connectivity index (χ4n) is 3.66. The van der Waals surface area contributed by atoms with Crippen molar-refractivity contribution in [3.63, 3.8) is 0 Å². The quantitative estimate of drug-likeness (QED) is 0.915. The lowest BCUT2D eigenvalue weighted by Crippen LogP contribution is -2.42. The molecule has 2 nitrogen and oxygen atoms in total. The summed E-state index contributed by atoms with van der Waals surface area (Å²) in [6.45, 7) is 2.02. The van der Waals surface area contributed by atoms with E-state index >= 15 is 0 Å². The molecule has 1 N–H and O–H groups in total. The number of rotatable bonds is 4. The first-order valence-electron chi connectivity index (χ1n) is 7.85. The second-order valence-electron chi connectivity index (χ2n) is 6.16. The van der Waals surface area contributed by atoms with Crippen molar-refractivity contribution in [2.75, 3.05) is 0 Å². The fraction of sp³-hybridized carbons (Fsp3) is 0.500. The van der Waals surface area contributed by atoms with Gasteiger partial charge in [0.15, 0.2) is 0 Å². The summed E-state index contributed by atoms with van der Waals surface area (Å²) in [6, 6.07) is 10.6. The van der Waals surface area contributed by atoms with Gasteiger partial charge in [-0.05, 0) is 25.3 Å². The molecule has 0 saturated heterocycles. The van der Waals surface area contributed by atoms with Crippen LogP contribution in [0.15, 0.2) is 35.7 Å². The molecule has 1 aromatic heterocycles. The zero-order chi connectivity index (χ0) is 14.7. The molecule has 0 bridgehead atoms. The monoisotopic (exact) mass is 301 g/mol. The van der Waals surface area contributed by atoms with Gasteiger partial charge >= 0.3 is 0 Å². The van der Waals surface area contributed by atoms with Gasteiger partial charge in [0.05, 0.1) is 16.8 Å². The van der Waals surface area contributed by atoms with Crippen LogP contribution in [0.1, 0.15) is 48.4 Å². The first kappa shape index (κ1) is 14.7. The highest BCUT2D eigenvalue weighted by Crippen LogP contribution is 2.43. The molecular weight excluding hydrogens is 278 g/mol. The van der Waals surface area contributed by atoms with Crippen molar-refractivity contribution in [3.8, 4) is 0 Å². The molecule has 0 amide bonds. The van der Waals surface area contributed by atoms with Gasteiger partial charge in [0.2, 0.25) is 0 Å². The second kappa shape index (κ2) is 6.29. The van der Waals surface area contributed by atoms with Crippen LogP contribution in [0, 0.1) is 6.92 Å². The Morgan fingerprint density at radius 1 is 1.19 bits per heavy atom. The van der Waals surface area contributed by atoms with Crippen LogP contribution in [0.3, 0.4) is 0 Å². The molecule has 3 rings (SSSR count). The smallest absolute Gasteiger partial charge is 0.0897 e. The Morgan fingerprint density at radius 3 is 2.52 bits per heavy atom. The van der Waals surface area contributed by atoms with Gasteiger partial charge in [-0.15, -0.1) is 11.3 Å². The molecular formula is C18H23NOS. The van der Waals surface area contributed by atoms with Gasteiger partial charge in [-0.2, -0.15) is 0 Å². The lowest BCUT2D eigenvalue weighted by Gasteiger charge is -2.41. The summed E-state index contributed by atoms with van der Waals surface area (Å²) in [7, 11) is 0. The highest BCUT2D eigenvalue weighted by Gasteiger charge is 2.40. The van der Waals surface area contributed by atoms with E-state index in [1.807, 2.05) is 6.92 Å². The maximum absolute atomic E-state index is 11.0. The Bertz CT molecular complexity index is 572. The Balaban J connectivity index is 1.88. The molecule has 3 heteroatoms. The summed E-state index contributed by atoms with van der Waals surface area (Å²) in [5.74, 6) is 0. The molecule has 112 valence electrons. The van der Waals surface area contributed by atoms with E-state index in [1.165, 1.54) is 24.8 Å². The third kappa shape index (κ3) is 3.04. The standard InChI is InChI=1S/C18H23NOS/c1-14-19-16(13-21-14)12-17(20)18(10-6-3-7-11-18)15-8-4-2-5-9-15/h2,4-5,8-9,13,17,20H,3,6-7,10-12H2,1H3. The maximum atomic E-state index is 11.0. The van der Waals surface area contributed by atoms with Crippen LogP contribution in [-0.2, 0) is 11.8 Å². The van der Waals surface area contributed by atoms with E-state index in [0.717, 1.165) is 23.5 Å². The van der Waals surface area contributed by atoms with Crippen molar-refractivity contribution in [2.45, 2.75) is 57.0 Å². The second-order valence-corrected chi connectivity index (χ2v) is 7.22. The Kier molecular flexibility index (Phi) is 4.41. The largest absolute Gasteiger partial charge is 0.392 e. The third-order valence-electron chi connectivity index (χ3n) is 4.80. The summed E-state index contributed by atoms with van der Waals surface area (Å²) in [6.07, 6.45) is 6.20. The van der Waals surface area contributed by atoms with Gasteiger partial charge in [-0.3, -0.25) is 0 Å². The predicted molar refractivity (Wildman–Crippen MR) is 87.8 cm³/mol. The van der Waals surface area contributed by atoms with Gasteiger partial charge in [-0.25, -0.2) is 4.98 Å². The van der Waals surface area contributed by atoms with E-state index < -0.39 is 0 Å². The maximum Gasteiger partial charge on any atom is 0.0897 e. The van der Waals surface area contributed by atoms with E-state index in [0.29, 0.717) is 6.42 Å². The summed E-state index contributed by atoms with van der Waals surface area (Å²) in [5, 5.41) is 14.2. The molecule has 21 heavy (non-hydrogen) atoms. The highest BCUT2D eigenvalue weighted by molar-refractivity contribution is 7.09. The van der Waals surface area contributed by atoms with E-state index in [4.69, 9.17) is 0 Å². The third-order valence-corrected chi connectivity index (χ3v) is 5.62. The minimum atomic E-state index is -0.346. The first-order valence-corrected chi connectivity index (χ1v) is 8.73. The molecule has 1 aliphatic rings. The lowest BCUT2D eigenvalue weighted by atomic mass is 9.65. The van der Waals surface area contributed by atoms with Crippen LogP contribution in [0.25, 0.3) is 0 Å². The molecule has 1 aromatic carbocycles. The van der Waals surface area contributed by atoms with E-state index in [1.54, 1.807) is 11.3 Å². The molecule has 1 heterocycles. The molecule has 0 spiro atoms. The summed E-state index contributed by atoms with van der Waals surface area (Å²) < 4.78 is 0. The fourth-order valence-corrected chi connectivity index (χ4v) is 4.29. The van der Waals surface area contributed by atoms with Crippen molar-refractivity contribution >= 4 is 11.3 Å². The predicted octanol–water partition coefficient (Wildman–Crippen LogP) is 4.26. The van der Waals surface area contributed by atoms with Crippen LogP contribution in [0.4, 0.5) is 0 Å². The number of hydrogen-bond donors (Lipinski definition) is 1. The minimum absolute atomic E-state index is 0.0863. The van der Waals surface area contributed by atoms with Gasteiger partial charge in [-0.1, -0.05) is 49.6 Å². The number of aryl methyl sites for hydroxylation is 1. The van der Waals surface area contributed by atoms with Gasteiger partial charge in [0.25, 0.3) is 0 Å². The van der Waals surface area contributed by atoms with Crippen molar-refractivity contribution in [1.82, 2.24) is 4.98 Å². The number of aliphatic hydroxyl groups is 1. The van der Waals surface area contributed by atoms with E-state index in [2.05, 4.69) is 40.7 Å². The van der Waals surface area contributed by atoms with Crippen LogP contribution in [0.5, 0.6) is 0 Å². The SMILES string of the molecule is Cc1nc(CC(O)C2(c3ccccc3)CCCCC2)cs1. The average Bonchev–Trinajstić information content (AvgIpc) is 2.94. The van der Waals surface area contributed by atoms with Gasteiger partial charge < -0.3 is 5.11 Å². The molecule has 2 aromatic rings. The number of nitrogens with zero attached hydrogens (tertiary/aromatic N) is 1. The number of hydrogen-bond acceptors (Lipinski definition) is 3. The minimum Gasteiger partial charge on any atom is -0.392 e. The van der Waals surface area contributed by atoms with Crippen molar-refractivity contribution in [3.05, 3.63) is 52.0 Å². The Hall–Kier alpha value is -1.19. The normalized spacial score (nSPS) is 19.3. The highest BCUT2D eigenvalue weighted by atomic mass is 32.1. The zero-order valence-corrected chi connectivity index (χ0v) is 13.4. The first-order chi connectivity index (χ1) is 10.2. The van der Waals surface area contributed by atoms with Gasteiger partial charge in [0.1, 0.15) is 0 Å². The average molecular weight is 301 g/mol. The lowest BCUT2D eigenvalue weighted by molar-refractivity contribution is 0.0533. The Labute approximate surface area is 130 Å². The van der Waals surface area contributed by atoms with Crippen molar-refractivity contribution in [2.24, 2.45) is 0 Å². The molecule has 1 atom stereocenters. The number of aromatic nitrogens is 1. The molecule has 1 fully saturated rings. The van der Waals surface area contributed by atoms with Crippen LogP contribution in [-0.4, -0.2) is 16.2 Å². The summed E-state index contributed by atoms with van der Waals surface area (Å²) in [5.41, 5.74) is 2.24. The number of thiazole rings is 1. The summed E-state index contributed by atoms with van der Waals surface area (Å²) in [4.78, 5) is 4.53. The van der Waals surface area contributed by atoms with Crippen LogP contribution >= 0.6 is 11.3 Å². The van der Waals surface area contributed by atoms with E-state index in [-0.39, 0.29) is 11.5 Å². The molecule has 0 radical (unpaired) electrons. The van der Waals surface area contributed by atoms with Gasteiger partial charge in [0, 0.05) is 17.2 Å². The summed E-state index contributed by atoms with van der Waals surface area (Å²) >= 11 is 1.67. The molecule has 0 aliphatic heterocycles. The molecule has 1 saturated carbocycles. The number of benzene rings is 1. The Morgan fingerprint density at radius 2 is 1.90 bits per heavy atom. The topological polar surface area (TPSA) is 33.1 Å². The molecule has 1 unspecified atom stereocenters. The van der Waals surface area contributed by atoms with Crippen LogP contribution in [0.2, 0.25) is 0 Å². The van der Waals surface area contributed by atoms with E-state index in [9.17, 15) is 5.11 Å². The number of aliphatic hydroxyl groups excluding tert-OH is 1. The van der Waals surface area contributed by atoms with Crippen LogP contribution < -0.4 is 0 Å². The zero-order valence-electron chi connectivity index (χ0n) is 12.6. The van der Waals surface area contributed by atoms with Crippen molar-refractivity contribution in [1.29, 1.82) is 0 Å².